The summed E-state index contributed by atoms with van der Waals surface area (Å²) in [5.41, 5.74) is 3.30. The summed E-state index contributed by atoms with van der Waals surface area (Å²) in [6, 6.07) is 22.0. The molecule has 1 heterocycles. The van der Waals surface area contributed by atoms with Crippen molar-refractivity contribution in [3.8, 4) is 11.5 Å². The summed E-state index contributed by atoms with van der Waals surface area (Å²) in [5.74, 6) is 1.98. The summed E-state index contributed by atoms with van der Waals surface area (Å²) in [7, 11) is -2.18. The Morgan fingerprint density at radius 1 is 0.943 bits per heavy atom. The van der Waals surface area contributed by atoms with Crippen molar-refractivity contribution in [1.82, 2.24) is 10.0 Å². The summed E-state index contributed by atoms with van der Waals surface area (Å²) in [4.78, 5) is 4.48. The van der Waals surface area contributed by atoms with Crippen LogP contribution in [0, 0.1) is 0 Å². The Balaban J connectivity index is 0.00000342. The number of aliphatic imine (C=N–C) groups is 1. The highest BCUT2D eigenvalue weighted by Crippen LogP contribution is 2.19. The molecule has 1 aliphatic rings. The molecule has 0 fully saturated rings. The third-order valence-corrected chi connectivity index (χ3v) is 6.76. The Bertz CT molecular complexity index is 1230. The van der Waals surface area contributed by atoms with E-state index < -0.39 is 16.3 Å². The first-order valence-electron chi connectivity index (χ1n) is 11.0. The largest absolute Gasteiger partial charge is 0.497 e. The number of hydrogen-bond donors (Lipinski definition) is 3. The molecule has 186 valence electrons. The van der Waals surface area contributed by atoms with Gasteiger partial charge in [-0.1, -0.05) is 24.3 Å². The topological polar surface area (TPSA) is 101 Å². The second-order valence-corrected chi connectivity index (χ2v) is 9.57. The minimum absolute atomic E-state index is 0. The van der Waals surface area contributed by atoms with Gasteiger partial charge in [-0.2, -0.15) is 4.72 Å². The molecule has 0 spiro atoms. The maximum absolute atomic E-state index is 12.6. The fourth-order valence-corrected chi connectivity index (χ4v) is 4.63. The number of anilines is 1. The van der Waals surface area contributed by atoms with Crippen molar-refractivity contribution in [2.75, 3.05) is 25.5 Å². The summed E-state index contributed by atoms with van der Waals surface area (Å²) in [6.45, 7) is 3.32. The maximum Gasteiger partial charge on any atom is 0.243 e. The third-order valence-electron chi connectivity index (χ3n) is 5.23. The summed E-state index contributed by atoms with van der Waals surface area (Å²) >= 11 is 0. The monoisotopic (exact) mass is 516 g/mol. The molecule has 0 amide bonds. The molecule has 1 atom stereocenters. The SMILES string of the molecule is COc1ccc(S(=O)(=O)NC(C)Oc2ccc(Cc3ccc(NC4=NCCN4)cc3)cc2)cc1.Cl. The van der Waals surface area contributed by atoms with Gasteiger partial charge >= 0.3 is 0 Å². The van der Waals surface area contributed by atoms with Crippen LogP contribution in [0.25, 0.3) is 0 Å². The minimum Gasteiger partial charge on any atom is -0.497 e. The number of hydrogen-bond acceptors (Lipinski definition) is 7. The predicted octanol–water partition coefficient (Wildman–Crippen LogP) is 3.78. The highest BCUT2D eigenvalue weighted by atomic mass is 35.5. The van der Waals surface area contributed by atoms with Crippen molar-refractivity contribution in [2.45, 2.75) is 24.5 Å². The lowest BCUT2D eigenvalue weighted by molar-refractivity contribution is 0.210. The maximum atomic E-state index is 12.6. The molecule has 4 rings (SSSR count). The number of methoxy groups -OCH3 is 1. The second-order valence-electron chi connectivity index (χ2n) is 7.86. The van der Waals surface area contributed by atoms with Crippen LogP contribution in [0.5, 0.6) is 11.5 Å². The fraction of sp³-hybridized carbons (Fsp3) is 0.240. The number of nitrogens with one attached hydrogen (secondary N) is 3. The molecule has 1 unspecified atom stereocenters. The van der Waals surface area contributed by atoms with E-state index >= 15 is 0 Å². The highest BCUT2D eigenvalue weighted by molar-refractivity contribution is 7.89. The van der Waals surface area contributed by atoms with Crippen LogP contribution in [0.15, 0.2) is 82.7 Å². The molecule has 10 heteroatoms. The van der Waals surface area contributed by atoms with E-state index in [1.165, 1.54) is 24.8 Å². The minimum atomic E-state index is -3.71. The molecule has 0 aromatic heterocycles. The number of nitrogens with zero attached hydrogens (tertiary/aromatic N) is 1. The molecule has 0 saturated heterocycles. The molecule has 0 radical (unpaired) electrons. The van der Waals surface area contributed by atoms with Gasteiger partial charge < -0.3 is 20.1 Å². The molecule has 3 N–H and O–H groups in total. The molecule has 0 bridgehead atoms. The molecule has 35 heavy (non-hydrogen) atoms. The van der Waals surface area contributed by atoms with Gasteiger partial charge in [0.1, 0.15) is 11.5 Å². The number of guanidine groups is 1. The van der Waals surface area contributed by atoms with Gasteiger partial charge in [0.05, 0.1) is 18.6 Å². The molecule has 0 aliphatic carbocycles. The van der Waals surface area contributed by atoms with Crippen LogP contribution in [-0.4, -0.2) is 40.8 Å². The van der Waals surface area contributed by atoms with E-state index in [2.05, 4.69) is 32.5 Å². The molecule has 3 aromatic rings. The molecule has 0 saturated carbocycles. The molecule has 1 aliphatic heterocycles. The van der Waals surface area contributed by atoms with Crippen molar-refractivity contribution >= 4 is 34.1 Å². The number of benzene rings is 3. The van der Waals surface area contributed by atoms with Gasteiger partial charge in [0.2, 0.25) is 10.0 Å². The quantitative estimate of drug-likeness (QED) is 0.374. The number of sulfonamides is 1. The van der Waals surface area contributed by atoms with Gasteiger partial charge in [-0.3, -0.25) is 4.99 Å². The standard InChI is InChI=1S/C25H28N4O4S.ClH/c1-18(29-34(30,31)24-13-11-22(32-2)12-14-24)33-23-9-5-20(6-10-23)17-19-3-7-21(8-4-19)28-25-26-15-16-27-25;/h3-14,18,29H,15-17H2,1-2H3,(H2,26,27,28);1H. The Morgan fingerprint density at radius 2 is 1.54 bits per heavy atom. The number of rotatable bonds is 9. The first kappa shape index (κ1) is 26.3. The first-order chi connectivity index (χ1) is 16.4. The molecular weight excluding hydrogens is 488 g/mol. The lowest BCUT2D eigenvalue weighted by atomic mass is 10.0. The molecule has 8 nitrogen and oxygen atoms in total. The zero-order valence-electron chi connectivity index (χ0n) is 19.5. The Kier molecular flexibility index (Phi) is 8.97. The van der Waals surface area contributed by atoms with Crippen LogP contribution in [-0.2, 0) is 16.4 Å². The van der Waals surface area contributed by atoms with Crippen LogP contribution in [0.2, 0.25) is 0 Å². The lowest BCUT2D eigenvalue weighted by Gasteiger charge is -2.17. The van der Waals surface area contributed by atoms with Crippen LogP contribution < -0.4 is 24.8 Å². The zero-order chi connectivity index (χ0) is 24.0. The van der Waals surface area contributed by atoms with Crippen molar-refractivity contribution in [3.63, 3.8) is 0 Å². The van der Waals surface area contributed by atoms with Crippen LogP contribution in [0.3, 0.4) is 0 Å². The van der Waals surface area contributed by atoms with Gasteiger partial charge in [-0.05, 0) is 73.0 Å². The molecule has 3 aromatic carbocycles. The first-order valence-corrected chi connectivity index (χ1v) is 12.5. The summed E-state index contributed by atoms with van der Waals surface area (Å²) in [5, 5.41) is 6.44. The Hall–Kier alpha value is -3.27. The van der Waals surface area contributed by atoms with E-state index in [1.54, 1.807) is 19.1 Å². The van der Waals surface area contributed by atoms with E-state index in [0.29, 0.717) is 11.5 Å². The number of ether oxygens (including phenoxy) is 2. The van der Waals surface area contributed by atoms with Gasteiger partial charge in [-0.25, -0.2) is 8.42 Å². The Morgan fingerprint density at radius 3 is 2.11 bits per heavy atom. The average Bonchev–Trinajstić information content (AvgIpc) is 3.34. The molecular formula is C25H29ClN4O4S. The predicted molar refractivity (Wildman–Crippen MR) is 140 cm³/mol. The van der Waals surface area contributed by atoms with E-state index in [0.717, 1.165) is 36.7 Å². The van der Waals surface area contributed by atoms with Crippen molar-refractivity contribution in [1.29, 1.82) is 0 Å². The third kappa shape index (κ3) is 7.35. The van der Waals surface area contributed by atoms with Crippen molar-refractivity contribution in [3.05, 3.63) is 83.9 Å². The van der Waals surface area contributed by atoms with Gasteiger partial charge in [-0.15, -0.1) is 12.4 Å². The fourth-order valence-electron chi connectivity index (χ4n) is 3.52. The van der Waals surface area contributed by atoms with Gasteiger partial charge in [0.25, 0.3) is 0 Å². The smallest absolute Gasteiger partial charge is 0.243 e. The van der Waals surface area contributed by atoms with Crippen molar-refractivity contribution in [2.24, 2.45) is 4.99 Å². The zero-order valence-corrected chi connectivity index (χ0v) is 21.2. The van der Waals surface area contributed by atoms with Gasteiger partial charge in [0, 0.05) is 12.2 Å². The van der Waals surface area contributed by atoms with E-state index in [1.807, 2.05) is 36.4 Å². The second kappa shape index (κ2) is 11.9. The van der Waals surface area contributed by atoms with Crippen molar-refractivity contribution < 1.29 is 17.9 Å². The Labute approximate surface area is 212 Å². The van der Waals surface area contributed by atoms with E-state index in [4.69, 9.17) is 9.47 Å². The highest BCUT2D eigenvalue weighted by Gasteiger charge is 2.18. The van der Waals surface area contributed by atoms with E-state index in [9.17, 15) is 8.42 Å². The summed E-state index contributed by atoms with van der Waals surface area (Å²) in [6.07, 6.45) is 0.0383. The van der Waals surface area contributed by atoms with Crippen LogP contribution in [0.1, 0.15) is 18.1 Å². The summed E-state index contributed by atoms with van der Waals surface area (Å²) < 4.78 is 38.5. The number of halogens is 1. The average molecular weight is 517 g/mol. The van der Waals surface area contributed by atoms with E-state index in [-0.39, 0.29) is 17.3 Å². The normalized spacial score (nSPS) is 13.7. The lowest BCUT2D eigenvalue weighted by Crippen LogP contribution is -2.36. The van der Waals surface area contributed by atoms with Crippen LogP contribution in [0.4, 0.5) is 5.69 Å². The van der Waals surface area contributed by atoms with Crippen LogP contribution >= 0.6 is 12.4 Å². The van der Waals surface area contributed by atoms with Gasteiger partial charge in [0.15, 0.2) is 12.2 Å².